The van der Waals surface area contributed by atoms with Gasteiger partial charge in [-0.1, -0.05) is 47.5 Å². The summed E-state index contributed by atoms with van der Waals surface area (Å²) in [5, 5.41) is 1.47. The molecule has 2 spiro atoms. The molecule has 100 valence electrons. The molecule has 0 radical (unpaired) electrons. The fraction of sp³-hybridized carbons (Fsp3) is 0.250. The summed E-state index contributed by atoms with van der Waals surface area (Å²) in [5.41, 5.74) is 3.45. The summed E-state index contributed by atoms with van der Waals surface area (Å²) in [6.07, 6.45) is 0. The fourth-order valence-corrected chi connectivity index (χ4v) is 4.21. The molecule has 2 aromatic carbocycles. The Morgan fingerprint density at radius 3 is 1.50 bits per heavy atom. The molecule has 0 amide bonds. The Morgan fingerprint density at radius 1 is 0.750 bits per heavy atom. The van der Waals surface area contributed by atoms with Crippen LogP contribution in [0.25, 0.3) is 0 Å². The second-order valence-corrected chi connectivity index (χ2v) is 6.37. The van der Waals surface area contributed by atoms with E-state index in [4.69, 9.17) is 32.7 Å². The zero-order valence-corrected chi connectivity index (χ0v) is 12.0. The number of benzene rings is 2. The third-order valence-electron chi connectivity index (χ3n) is 4.57. The van der Waals surface area contributed by atoms with Crippen LogP contribution < -0.4 is 0 Å². The van der Waals surface area contributed by atoms with E-state index in [0.717, 1.165) is 32.3 Å². The van der Waals surface area contributed by atoms with Crippen LogP contribution in [0.2, 0.25) is 10.0 Å². The summed E-state index contributed by atoms with van der Waals surface area (Å²) in [6, 6.07) is 11.9. The van der Waals surface area contributed by atoms with Gasteiger partial charge in [0.25, 0.3) is 0 Å². The van der Waals surface area contributed by atoms with Crippen molar-refractivity contribution in [1.29, 1.82) is 0 Å². The number of ether oxygens (including phenoxy) is 2. The van der Waals surface area contributed by atoms with Gasteiger partial charge in [-0.15, -0.1) is 0 Å². The SMILES string of the molecule is Clc1cccc2c1[C@@]1(CO1)c1cccc(Cl)c1[C@@]21CO1. The molecule has 1 aliphatic carbocycles. The number of hydrogen-bond donors (Lipinski definition) is 0. The lowest BCUT2D eigenvalue weighted by Crippen LogP contribution is -2.30. The van der Waals surface area contributed by atoms with Gasteiger partial charge < -0.3 is 9.47 Å². The van der Waals surface area contributed by atoms with E-state index in [2.05, 4.69) is 12.1 Å². The molecule has 2 aliphatic heterocycles. The van der Waals surface area contributed by atoms with Gasteiger partial charge in [0.2, 0.25) is 0 Å². The van der Waals surface area contributed by atoms with Crippen LogP contribution in [0.3, 0.4) is 0 Å². The van der Waals surface area contributed by atoms with Crippen molar-refractivity contribution < 1.29 is 9.47 Å². The van der Waals surface area contributed by atoms with Gasteiger partial charge in [-0.2, -0.15) is 0 Å². The molecule has 3 aliphatic rings. The van der Waals surface area contributed by atoms with Crippen LogP contribution in [-0.2, 0) is 20.7 Å². The highest BCUT2D eigenvalue weighted by Gasteiger charge is 2.64. The Balaban J connectivity index is 1.94. The first-order valence-corrected chi connectivity index (χ1v) is 7.31. The van der Waals surface area contributed by atoms with Gasteiger partial charge >= 0.3 is 0 Å². The monoisotopic (exact) mass is 304 g/mol. The van der Waals surface area contributed by atoms with E-state index in [1.54, 1.807) is 0 Å². The van der Waals surface area contributed by atoms with Crippen molar-refractivity contribution in [1.82, 2.24) is 0 Å². The van der Waals surface area contributed by atoms with E-state index in [0.29, 0.717) is 13.2 Å². The largest absolute Gasteiger partial charge is 0.359 e. The molecule has 2 aromatic rings. The van der Waals surface area contributed by atoms with E-state index in [-0.39, 0.29) is 0 Å². The maximum Gasteiger partial charge on any atom is 0.144 e. The van der Waals surface area contributed by atoms with Crippen LogP contribution in [0.4, 0.5) is 0 Å². The van der Waals surface area contributed by atoms with Crippen LogP contribution in [0.15, 0.2) is 36.4 Å². The molecule has 0 unspecified atom stereocenters. The minimum atomic E-state index is -0.425. The topological polar surface area (TPSA) is 25.1 Å². The molecule has 2 fully saturated rings. The molecule has 0 saturated carbocycles. The molecule has 2 heterocycles. The van der Waals surface area contributed by atoms with Crippen molar-refractivity contribution in [3.8, 4) is 0 Å². The number of halogens is 2. The van der Waals surface area contributed by atoms with Crippen molar-refractivity contribution in [2.75, 3.05) is 13.2 Å². The van der Waals surface area contributed by atoms with Crippen molar-refractivity contribution in [2.45, 2.75) is 11.2 Å². The van der Waals surface area contributed by atoms with Crippen molar-refractivity contribution >= 4 is 23.2 Å². The summed E-state index contributed by atoms with van der Waals surface area (Å²) in [6.45, 7) is 1.29. The standard InChI is InChI=1S/C16H10Cl2O2/c17-11-5-1-3-9-13(11)16(8-20-16)10-4-2-6-12(18)14(10)15(9)7-19-15/h1-6H,7-8H2/t15-,16-/m1/s1. The Bertz CT molecular complexity index is 696. The minimum Gasteiger partial charge on any atom is -0.359 e. The highest BCUT2D eigenvalue weighted by atomic mass is 35.5. The Hall–Kier alpha value is -1.06. The van der Waals surface area contributed by atoms with Gasteiger partial charge in [0.15, 0.2) is 0 Å². The first kappa shape index (κ1) is 11.6. The van der Waals surface area contributed by atoms with Gasteiger partial charge in [-0.25, -0.2) is 0 Å². The van der Waals surface area contributed by atoms with Gasteiger partial charge in [-0.3, -0.25) is 0 Å². The van der Waals surface area contributed by atoms with Crippen LogP contribution >= 0.6 is 23.2 Å². The molecule has 2 saturated heterocycles. The van der Waals surface area contributed by atoms with Gasteiger partial charge in [-0.05, 0) is 23.3 Å². The summed E-state index contributed by atoms with van der Waals surface area (Å²) < 4.78 is 11.7. The average molecular weight is 305 g/mol. The second-order valence-electron chi connectivity index (χ2n) is 5.56. The average Bonchev–Trinajstić information content (AvgIpc) is 3.32. The summed E-state index contributed by atoms with van der Waals surface area (Å²) in [4.78, 5) is 0. The molecule has 0 bridgehead atoms. The fourth-order valence-electron chi connectivity index (χ4n) is 3.56. The number of fused-ring (bicyclic) bond motifs is 6. The third-order valence-corrected chi connectivity index (χ3v) is 5.20. The molecule has 0 N–H and O–H groups in total. The van der Waals surface area contributed by atoms with Gasteiger partial charge in [0.1, 0.15) is 11.2 Å². The minimum absolute atomic E-state index is 0.425. The molecule has 20 heavy (non-hydrogen) atoms. The Morgan fingerprint density at radius 2 is 1.15 bits per heavy atom. The Kier molecular flexibility index (Phi) is 1.97. The number of epoxide rings is 2. The predicted octanol–water partition coefficient (Wildman–Crippen LogP) is 3.85. The van der Waals surface area contributed by atoms with E-state index in [9.17, 15) is 0 Å². The van der Waals surface area contributed by atoms with E-state index >= 15 is 0 Å². The zero-order valence-electron chi connectivity index (χ0n) is 10.5. The normalized spacial score (nSPS) is 32.1. The van der Waals surface area contributed by atoms with Gasteiger partial charge in [0, 0.05) is 21.2 Å². The van der Waals surface area contributed by atoms with E-state index in [1.165, 1.54) is 0 Å². The lowest BCUT2D eigenvalue weighted by atomic mass is 9.72. The first-order chi connectivity index (χ1) is 9.69. The lowest BCUT2D eigenvalue weighted by molar-refractivity contribution is 0.303. The molecular formula is C16H10Cl2O2. The maximum absolute atomic E-state index is 6.46. The molecule has 2 atom stereocenters. The van der Waals surface area contributed by atoms with E-state index < -0.39 is 11.2 Å². The second kappa shape index (κ2) is 3.40. The van der Waals surface area contributed by atoms with Crippen molar-refractivity contribution in [3.63, 3.8) is 0 Å². The molecule has 2 nitrogen and oxygen atoms in total. The van der Waals surface area contributed by atoms with Crippen molar-refractivity contribution in [2.24, 2.45) is 0 Å². The number of rotatable bonds is 0. The van der Waals surface area contributed by atoms with Crippen LogP contribution in [-0.4, -0.2) is 13.2 Å². The highest BCUT2D eigenvalue weighted by Crippen LogP contribution is 2.63. The van der Waals surface area contributed by atoms with Crippen molar-refractivity contribution in [3.05, 3.63) is 68.7 Å². The smallest absolute Gasteiger partial charge is 0.144 e. The van der Waals surface area contributed by atoms with E-state index in [1.807, 2.05) is 24.3 Å². The summed E-state index contributed by atoms with van der Waals surface area (Å²) in [5.74, 6) is 0. The molecular weight excluding hydrogens is 295 g/mol. The van der Waals surface area contributed by atoms with Crippen LogP contribution in [0, 0.1) is 0 Å². The quantitative estimate of drug-likeness (QED) is 0.691. The van der Waals surface area contributed by atoms with Crippen LogP contribution in [0.1, 0.15) is 22.3 Å². The molecule has 4 heteroatoms. The lowest BCUT2D eigenvalue weighted by Gasteiger charge is -2.32. The highest BCUT2D eigenvalue weighted by molar-refractivity contribution is 6.32. The Labute approximate surface area is 126 Å². The third kappa shape index (κ3) is 1.16. The van der Waals surface area contributed by atoms with Crippen LogP contribution in [0.5, 0.6) is 0 Å². The first-order valence-electron chi connectivity index (χ1n) is 6.56. The van der Waals surface area contributed by atoms with Gasteiger partial charge in [0.05, 0.1) is 13.2 Å². The molecule has 5 rings (SSSR count). The summed E-state index contributed by atoms with van der Waals surface area (Å²) >= 11 is 12.9. The maximum atomic E-state index is 6.46. The summed E-state index contributed by atoms with van der Waals surface area (Å²) in [7, 11) is 0. The zero-order chi connectivity index (χ0) is 13.5. The predicted molar refractivity (Wildman–Crippen MR) is 76.4 cm³/mol. The number of hydrogen-bond acceptors (Lipinski definition) is 2. The molecule has 0 aromatic heterocycles.